The molecule has 1 spiro atoms. The van der Waals surface area contributed by atoms with Gasteiger partial charge in [-0.05, 0) is 91.8 Å². The van der Waals surface area contributed by atoms with E-state index in [4.69, 9.17) is 19.1 Å². The van der Waals surface area contributed by atoms with Crippen LogP contribution in [0.5, 0.6) is 11.5 Å². The minimum Gasteiger partial charge on any atom is -0.457 e. The highest BCUT2D eigenvalue weighted by Crippen LogP contribution is 2.63. The second-order valence-electron chi connectivity index (χ2n) is 17.5. The molecule has 0 atom stereocenters. The lowest BCUT2D eigenvalue weighted by atomic mass is 9.66. The topological polar surface area (TPSA) is 48.2 Å². The van der Waals surface area contributed by atoms with Crippen LogP contribution in [0, 0.1) is 0 Å². The summed E-state index contributed by atoms with van der Waals surface area (Å²) in [6, 6.07) is 74.1. The third kappa shape index (κ3) is 4.82. The number of hydrogen-bond acceptors (Lipinski definition) is 5. The monoisotopic (exact) mass is 858 g/mol. The summed E-state index contributed by atoms with van der Waals surface area (Å²) < 4.78 is 15.9. The molecule has 0 unspecified atom stereocenters. The van der Waals surface area contributed by atoms with Gasteiger partial charge in [0.15, 0.2) is 5.82 Å². The molecule has 0 amide bonds. The Balaban J connectivity index is 0.946. The number of para-hydroxylation sites is 3. The number of thiophene rings is 1. The summed E-state index contributed by atoms with van der Waals surface area (Å²) in [5, 5.41) is 8.02. The van der Waals surface area contributed by atoms with Crippen LogP contribution in [-0.4, -0.2) is 9.97 Å². The minimum absolute atomic E-state index is 0.604. The summed E-state index contributed by atoms with van der Waals surface area (Å²) in [6.07, 6.45) is 0. The van der Waals surface area contributed by atoms with E-state index in [0.717, 1.165) is 105 Å². The van der Waals surface area contributed by atoms with E-state index in [1.807, 2.05) is 0 Å². The Morgan fingerprint density at radius 1 is 0.424 bits per heavy atom. The van der Waals surface area contributed by atoms with Crippen molar-refractivity contribution in [3.8, 4) is 56.4 Å². The van der Waals surface area contributed by atoms with Crippen LogP contribution in [0.2, 0.25) is 0 Å². The quantitative estimate of drug-likeness (QED) is 0.178. The number of aromatic nitrogens is 2. The van der Waals surface area contributed by atoms with E-state index in [1.54, 1.807) is 11.3 Å². The van der Waals surface area contributed by atoms with Crippen LogP contribution in [0.15, 0.2) is 211 Å². The van der Waals surface area contributed by atoms with Gasteiger partial charge in [0.25, 0.3) is 0 Å². The minimum atomic E-state index is -0.604. The van der Waals surface area contributed by atoms with Crippen LogP contribution >= 0.6 is 11.3 Å². The van der Waals surface area contributed by atoms with Crippen LogP contribution in [-0.2, 0) is 5.41 Å². The fourth-order valence-electron chi connectivity index (χ4n) is 11.3. The van der Waals surface area contributed by atoms with Crippen LogP contribution in [0.25, 0.3) is 109 Å². The Morgan fingerprint density at radius 3 is 1.94 bits per heavy atom. The zero-order chi connectivity index (χ0) is 43.1. The highest BCUT2D eigenvalue weighted by atomic mass is 32.1. The number of fused-ring (bicyclic) bond motifs is 18. The Hall–Kier alpha value is -8.38. The zero-order valence-electron chi connectivity index (χ0n) is 35.2. The molecule has 306 valence electrons. The number of hydrogen-bond donors (Lipinski definition) is 0. The third-order valence-corrected chi connectivity index (χ3v) is 15.3. The van der Waals surface area contributed by atoms with Crippen molar-refractivity contribution in [3.63, 3.8) is 0 Å². The second kappa shape index (κ2) is 13.3. The van der Waals surface area contributed by atoms with Gasteiger partial charge < -0.3 is 9.15 Å². The molecular formula is C61H34N2O2S. The summed E-state index contributed by atoms with van der Waals surface area (Å²) >= 11 is 1.75. The predicted molar refractivity (Wildman–Crippen MR) is 271 cm³/mol. The molecule has 2 aliphatic rings. The molecule has 3 aromatic heterocycles. The number of benzene rings is 10. The molecule has 0 N–H and O–H groups in total. The molecule has 0 saturated heterocycles. The van der Waals surface area contributed by atoms with E-state index >= 15 is 0 Å². The van der Waals surface area contributed by atoms with Crippen molar-refractivity contribution in [3.05, 3.63) is 229 Å². The molecule has 4 nitrogen and oxygen atoms in total. The molecule has 4 heterocycles. The Kier molecular flexibility index (Phi) is 7.27. The van der Waals surface area contributed by atoms with Gasteiger partial charge in [0.2, 0.25) is 0 Å². The maximum atomic E-state index is 6.94. The molecule has 15 rings (SSSR count). The van der Waals surface area contributed by atoms with E-state index in [-0.39, 0.29) is 0 Å². The van der Waals surface area contributed by atoms with Crippen molar-refractivity contribution >= 4 is 75.1 Å². The predicted octanol–water partition coefficient (Wildman–Crippen LogP) is 16.5. The van der Waals surface area contributed by atoms with E-state index in [9.17, 15) is 0 Å². The van der Waals surface area contributed by atoms with Gasteiger partial charge in [-0.1, -0.05) is 164 Å². The summed E-state index contributed by atoms with van der Waals surface area (Å²) in [7, 11) is 0. The average Bonchev–Trinajstić information content (AvgIpc) is 4.04. The number of nitrogens with zero attached hydrogens (tertiary/aromatic N) is 2. The first kappa shape index (κ1) is 36.0. The Bertz CT molecular complexity index is 4180. The summed E-state index contributed by atoms with van der Waals surface area (Å²) in [5.74, 6) is 2.48. The average molecular weight is 859 g/mol. The largest absolute Gasteiger partial charge is 0.457 e. The Morgan fingerprint density at radius 2 is 1.09 bits per heavy atom. The van der Waals surface area contributed by atoms with E-state index in [1.165, 1.54) is 37.7 Å². The Labute approximate surface area is 382 Å². The van der Waals surface area contributed by atoms with Crippen molar-refractivity contribution in [2.45, 2.75) is 5.41 Å². The van der Waals surface area contributed by atoms with Gasteiger partial charge >= 0.3 is 0 Å². The molecule has 1 aliphatic carbocycles. The lowest BCUT2D eigenvalue weighted by molar-refractivity contribution is 0.436. The highest BCUT2D eigenvalue weighted by Gasteiger charge is 2.51. The summed E-state index contributed by atoms with van der Waals surface area (Å²) in [5.41, 5.74) is 14.5. The molecule has 1 aliphatic heterocycles. The number of rotatable bonds is 3. The molecule has 66 heavy (non-hydrogen) atoms. The van der Waals surface area contributed by atoms with Gasteiger partial charge in [0, 0.05) is 48.7 Å². The first-order chi connectivity index (χ1) is 32.7. The number of furan rings is 1. The molecule has 0 radical (unpaired) electrons. The smallest absolute Gasteiger partial charge is 0.161 e. The lowest BCUT2D eigenvalue weighted by Gasteiger charge is -2.39. The van der Waals surface area contributed by atoms with Crippen LogP contribution in [0.1, 0.15) is 22.3 Å². The van der Waals surface area contributed by atoms with Crippen molar-refractivity contribution in [1.29, 1.82) is 0 Å². The fourth-order valence-corrected chi connectivity index (χ4v) is 12.5. The SMILES string of the molecule is c1ccc2c(c1)Oc1ccccc1C21c2cc(-c3cccc4c3oc3ccc(-c5nc(-c6cccc7ccccc67)nc6c5sc5ccccc56)cc34)ccc2-c2c1ccc1ccccc21. The van der Waals surface area contributed by atoms with Crippen molar-refractivity contribution in [2.24, 2.45) is 0 Å². The third-order valence-electron chi connectivity index (χ3n) is 14.2. The molecule has 5 heteroatoms. The first-order valence-electron chi connectivity index (χ1n) is 22.4. The second-order valence-corrected chi connectivity index (χ2v) is 18.6. The van der Waals surface area contributed by atoms with Gasteiger partial charge in [-0.2, -0.15) is 0 Å². The van der Waals surface area contributed by atoms with Gasteiger partial charge in [0.1, 0.15) is 22.7 Å². The normalized spacial score (nSPS) is 13.4. The van der Waals surface area contributed by atoms with Gasteiger partial charge in [0.05, 0.1) is 21.3 Å². The maximum Gasteiger partial charge on any atom is 0.161 e. The van der Waals surface area contributed by atoms with Gasteiger partial charge in [-0.25, -0.2) is 9.97 Å². The first-order valence-corrected chi connectivity index (χ1v) is 23.2. The fraction of sp³-hybridized carbons (Fsp3) is 0.0164. The summed E-state index contributed by atoms with van der Waals surface area (Å²) in [6.45, 7) is 0. The standard InChI is InChI=1S/C61H34N2O2S/c1-3-16-39-35(13-1)15-11-21-43(39)60-62-56(59-57(63-60)45-18-5-10-26-54(45)66-59)38-29-32-51-46(33-38)42-20-12-19-41(58(42)65-51)37-27-30-44-50(34-37)61(49-31-28-36-14-2-4-17-40(36)55(44)49)47-22-6-8-24-52(47)64-53-25-9-7-23-48(53)61/h1-34H. The van der Waals surface area contributed by atoms with Gasteiger partial charge in [-0.3, -0.25) is 0 Å². The summed E-state index contributed by atoms with van der Waals surface area (Å²) in [4.78, 5) is 10.7. The van der Waals surface area contributed by atoms with E-state index < -0.39 is 5.41 Å². The number of ether oxygens (including phenoxy) is 1. The van der Waals surface area contributed by atoms with E-state index in [2.05, 4.69) is 206 Å². The van der Waals surface area contributed by atoms with Crippen LogP contribution < -0.4 is 4.74 Å². The van der Waals surface area contributed by atoms with Crippen LogP contribution in [0.3, 0.4) is 0 Å². The maximum absolute atomic E-state index is 6.94. The molecule has 10 aromatic carbocycles. The molecule has 13 aromatic rings. The molecule has 0 saturated carbocycles. The highest BCUT2D eigenvalue weighted by molar-refractivity contribution is 7.26. The molecule has 0 bridgehead atoms. The molecular weight excluding hydrogens is 825 g/mol. The van der Waals surface area contributed by atoms with E-state index in [0.29, 0.717) is 0 Å². The van der Waals surface area contributed by atoms with Crippen LogP contribution in [0.4, 0.5) is 0 Å². The van der Waals surface area contributed by atoms with Crippen molar-refractivity contribution < 1.29 is 9.15 Å². The zero-order valence-corrected chi connectivity index (χ0v) is 36.1. The van der Waals surface area contributed by atoms with Gasteiger partial charge in [-0.15, -0.1) is 11.3 Å². The van der Waals surface area contributed by atoms with Crippen molar-refractivity contribution in [1.82, 2.24) is 9.97 Å². The van der Waals surface area contributed by atoms with Crippen molar-refractivity contribution in [2.75, 3.05) is 0 Å². The molecule has 0 fully saturated rings. The lowest BCUT2D eigenvalue weighted by Crippen LogP contribution is -2.32.